The lowest BCUT2D eigenvalue weighted by atomic mass is 9.99. The maximum Gasteiger partial charge on any atom is 0.277 e. The number of aromatic nitrogens is 2. The largest absolute Gasteiger partial charge is 0.297 e. The van der Waals surface area contributed by atoms with Gasteiger partial charge in [0.2, 0.25) is 0 Å². The summed E-state index contributed by atoms with van der Waals surface area (Å²) >= 11 is 13.2. The molecule has 1 N–H and O–H groups in total. The van der Waals surface area contributed by atoms with E-state index < -0.39 is 5.91 Å². The molecule has 3 heterocycles. The van der Waals surface area contributed by atoms with Crippen LogP contribution < -0.4 is 5.32 Å². The highest BCUT2D eigenvalue weighted by Gasteiger charge is 2.18. The van der Waals surface area contributed by atoms with Crippen LogP contribution in [0.15, 0.2) is 17.5 Å². The molecule has 2 aromatic heterocycles. The van der Waals surface area contributed by atoms with E-state index in [4.69, 9.17) is 23.2 Å². The fourth-order valence-electron chi connectivity index (χ4n) is 2.62. The zero-order chi connectivity index (χ0) is 17.1. The molecule has 5 nitrogen and oxygen atoms in total. The van der Waals surface area contributed by atoms with Gasteiger partial charge in [-0.25, -0.2) is 9.97 Å². The topological polar surface area (TPSA) is 58.1 Å². The first-order chi connectivity index (χ1) is 11.5. The molecule has 0 bridgehead atoms. The average molecular weight is 385 g/mol. The Hall–Kier alpha value is -1.21. The van der Waals surface area contributed by atoms with Gasteiger partial charge >= 0.3 is 0 Å². The van der Waals surface area contributed by atoms with E-state index in [1.165, 1.54) is 24.2 Å². The Morgan fingerprint density at radius 2 is 2.08 bits per heavy atom. The number of likely N-dealkylation sites (tertiary alicyclic amines) is 1. The zero-order valence-corrected chi connectivity index (χ0v) is 15.6. The lowest BCUT2D eigenvalue weighted by molar-refractivity contribution is 0.102. The van der Waals surface area contributed by atoms with Gasteiger partial charge in [-0.1, -0.05) is 30.1 Å². The van der Waals surface area contributed by atoms with Gasteiger partial charge in [0.1, 0.15) is 10.8 Å². The monoisotopic (exact) mass is 384 g/mol. The first-order valence-corrected chi connectivity index (χ1v) is 9.45. The number of halogens is 2. The van der Waals surface area contributed by atoms with Gasteiger partial charge in [-0.3, -0.25) is 15.0 Å². The van der Waals surface area contributed by atoms with E-state index in [0.717, 1.165) is 31.2 Å². The molecule has 0 radical (unpaired) electrons. The van der Waals surface area contributed by atoms with E-state index in [2.05, 4.69) is 27.1 Å². The van der Waals surface area contributed by atoms with Gasteiger partial charge in [-0.05, 0) is 44.0 Å². The number of carbonyl (C=O) groups excluding carboxylic acids is 1. The molecular weight excluding hydrogens is 367 g/mol. The van der Waals surface area contributed by atoms with Crippen LogP contribution in [0.4, 0.5) is 5.13 Å². The molecule has 0 atom stereocenters. The number of amides is 1. The SMILES string of the molecule is CC1CCN(Cc2csc(NC(=O)c3nc(Cl)ccc3Cl)n2)CC1. The Balaban J connectivity index is 1.61. The van der Waals surface area contributed by atoms with Gasteiger partial charge in [-0.15, -0.1) is 11.3 Å². The smallest absolute Gasteiger partial charge is 0.277 e. The molecule has 1 aliphatic rings. The fraction of sp³-hybridized carbons (Fsp3) is 0.438. The number of thiazole rings is 1. The van der Waals surface area contributed by atoms with E-state index in [0.29, 0.717) is 5.13 Å². The molecule has 2 aromatic rings. The van der Waals surface area contributed by atoms with Crippen molar-refractivity contribution in [1.29, 1.82) is 0 Å². The van der Waals surface area contributed by atoms with Crippen LogP contribution in [0, 0.1) is 5.92 Å². The van der Waals surface area contributed by atoms with E-state index in [9.17, 15) is 4.79 Å². The normalized spacial score (nSPS) is 16.3. The number of nitrogens with one attached hydrogen (secondary N) is 1. The van der Waals surface area contributed by atoms with E-state index in [1.807, 2.05) is 5.38 Å². The van der Waals surface area contributed by atoms with Crippen molar-refractivity contribution in [3.05, 3.63) is 39.1 Å². The van der Waals surface area contributed by atoms with Crippen molar-refractivity contribution in [2.75, 3.05) is 18.4 Å². The summed E-state index contributed by atoms with van der Waals surface area (Å²) in [5, 5.41) is 5.73. The Morgan fingerprint density at radius 1 is 1.33 bits per heavy atom. The predicted molar refractivity (Wildman–Crippen MR) is 98.0 cm³/mol. The number of rotatable bonds is 4. The molecule has 0 unspecified atom stereocenters. The highest BCUT2D eigenvalue weighted by molar-refractivity contribution is 7.14. The third-order valence-electron chi connectivity index (χ3n) is 4.06. The van der Waals surface area contributed by atoms with Crippen LogP contribution in [-0.2, 0) is 6.54 Å². The van der Waals surface area contributed by atoms with Crippen molar-refractivity contribution in [2.24, 2.45) is 5.92 Å². The molecule has 0 aliphatic carbocycles. The first kappa shape index (κ1) is 17.6. The predicted octanol–water partition coefficient (Wildman–Crippen LogP) is 4.33. The summed E-state index contributed by atoms with van der Waals surface area (Å²) in [6.45, 7) is 5.31. The number of hydrogen-bond donors (Lipinski definition) is 1. The minimum Gasteiger partial charge on any atom is -0.297 e. The number of piperidine rings is 1. The number of anilines is 1. The van der Waals surface area contributed by atoms with E-state index in [1.54, 1.807) is 12.1 Å². The van der Waals surface area contributed by atoms with E-state index >= 15 is 0 Å². The van der Waals surface area contributed by atoms with Crippen LogP contribution in [0.5, 0.6) is 0 Å². The number of hydrogen-bond acceptors (Lipinski definition) is 5. The van der Waals surface area contributed by atoms with Gasteiger partial charge in [0.05, 0.1) is 10.7 Å². The summed E-state index contributed by atoms with van der Waals surface area (Å²) in [5.74, 6) is 0.400. The Bertz CT molecular complexity index is 729. The van der Waals surface area contributed by atoms with E-state index in [-0.39, 0.29) is 15.9 Å². The lowest BCUT2D eigenvalue weighted by Crippen LogP contribution is -2.32. The van der Waals surface area contributed by atoms with Crippen LogP contribution in [-0.4, -0.2) is 33.9 Å². The number of pyridine rings is 1. The molecule has 3 rings (SSSR count). The van der Waals surface area contributed by atoms with Gasteiger partial charge in [-0.2, -0.15) is 0 Å². The average Bonchev–Trinajstić information content (AvgIpc) is 2.99. The Labute approximate surface area is 155 Å². The summed E-state index contributed by atoms with van der Waals surface area (Å²) < 4.78 is 0. The van der Waals surface area contributed by atoms with Crippen molar-refractivity contribution < 1.29 is 4.79 Å². The molecule has 1 aliphatic heterocycles. The lowest BCUT2D eigenvalue weighted by Gasteiger charge is -2.29. The maximum absolute atomic E-state index is 12.3. The Kier molecular flexibility index (Phi) is 5.71. The van der Waals surface area contributed by atoms with Crippen LogP contribution in [0.3, 0.4) is 0 Å². The van der Waals surface area contributed by atoms with Gasteiger partial charge in [0.25, 0.3) is 5.91 Å². The summed E-state index contributed by atoms with van der Waals surface area (Å²) in [4.78, 5) is 23.1. The summed E-state index contributed by atoms with van der Waals surface area (Å²) in [5.41, 5.74) is 1.07. The molecule has 0 aromatic carbocycles. The minimum absolute atomic E-state index is 0.103. The van der Waals surface area contributed by atoms with Crippen LogP contribution in [0.1, 0.15) is 35.9 Å². The van der Waals surface area contributed by atoms with Crippen molar-refractivity contribution in [3.8, 4) is 0 Å². The molecule has 0 spiro atoms. The second-order valence-electron chi connectivity index (χ2n) is 6.02. The molecule has 0 saturated carbocycles. The molecule has 1 fully saturated rings. The van der Waals surface area contributed by atoms with Gasteiger partial charge < -0.3 is 0 Å². The third kappa shape index (κ3) is 4.45. The van der Waals surface area contributed by atoms with Gasteiger partial charge in [0.15, 0.2) is 5.13 Å². The molecule has 24 heavy (non-hydrogen) atoms. The van der Waals surface area contributed by atoms with Crippen LogP contribution >= 0.6 is 34.5 Å². The second kappa shape index (κ2) is 7.78. The van der Waals surface area contributed by atoms with Crippen molar-refractivity contribution in [2.45, 2.75) is 26.3 Å². The molecule has 1 amide bonds. The number of carbonyl (C=O) groups is 1. The summed E-state index contributed by atoms with van der Waals surface area (Å²) in [6, 6.07) is 3.10. The quantitative estimate of drug-likeness (QED) is 0.796. The maximum atomic E-state index is 12.3. The van der Waals surface area contributed by atoms with Crippen molar-refractivity contribution >= 4 is 45.6 Å². The summed E-state index contributed by atoms with van der Waals surface area (Å²) in [7, 11) is 0. The van der Waals surface area contributed by atoms with Crippen LogP contribution in [0.2, 0.25) is 10.2 Å². The highest BCUT2D eigenvalue weighted by Crippen LogP contribution is 2.22. The fourth-order valence-corrected chi connectivity index (χ4v) is 3.66. The molecule has 8 heteroatoms. The molecule has 128 valence electrons. The Morgan fingerprint density at radius 3 is 2.83 bits per heavy atom. The standard InChI is InChI=1S/C16H18Cl2N4OS/c1-10-4-6-22(7-5-10)8-11-9-24-16(19-11)21-15(23)14-12(17)2-3-13(18)20-14/h2-3,9-10H,4-8H2,1H3,(H,19,21,23). The number of nitrogens with zero attached hydrogens (tertiary/aromatic N) is 3. The molecular formula is C16H18Cl2N4OS. The highest BCUT2D eigenvalue weighted by atomic mass is 35.5. The molecule has 1 saturated heterocycles. The van der Waals surface area contributed by atoms with Crippen LogP contribution in [0.25, 0.3) is 0 Å². The van der Waals surface area contributed by atoms with Gasteiger partial charge in [0, 0.05) is 11.9 Å². The minimum atomic E-state index is -0.407. The van der Waals surface area contributed by atoms with Crippen molar-refractivity contribution in [3.63, 3.8) is 0 Å². The first-order valence-electron chi connectivity index (χ1n) is 7.81. The summed E-state index contributed by atoms with van der Waals surface area (Å²) in [6.07, 6.45) is 2.46. The second-order valence-corrected chi connectivity index (χ2v) is 7.67. The van der Waals surface area contributed by atoms with Crippen molar-refractivity contribution in [1.82, 2.24) is 14.9 Å². The third-order valence-corrected chi connectivity index (χ3v) is 5.38. The zero-order valence-electron chi connectivity index (χ0n) is 13.3.